The number of aromatic nitrogens is 1. The molecule has 0 radical (unpaired) electrons. The van der Waals surface area contributed by atoms with Gasteiger partial charge in [-0.1, -0.05) is 12.1 Å². The number of rotatable bonds is 7. The third kappa shape index (κ3) is 4.70. The molecule has 0 aliphatic carbocycles. The lowest BCUT2D eigenvalue weighted by Crippen LogP contribution is -2.48. The zero-order valence-electron chi connectivity index (χ0n) is 16.5. The van der Waals surface area contributed by atoms with Gasteiger partial charge in [0.2, 0.25) is 0 Å². The number of aryl methyl sites for hydroxylation is 1. The number of carbonyl (C=O) groups is 1. The summed E-state index contributed by atoms with van der Waals surface area (Å²) in [7, 11) is 4.21. The van der Waals surface area contributed by atoms with Crippen LogP contribution < -0.4 is 10.1 Å². The highest BCUT2D eigenvalue weighted by Crippen LogP contribution is 2.23. The highest BCUT2D eigenvalue weighted by atomic mass is 16.5. The molecule has 1 aliphatic heterocycles. The van der Waals surface area contributed by atoms with Gasteiger partial charge < -0.3 is 19.5 Å². The van der Waals surface area contributed by atoms with Gasteiger partial charge in [0.1, 0.15) is 5.75 Å². The molecule has 1 aliphatic rings. The SMILES string of the molecule is CCOc1ccccc1C(=O)NCC(c1cccn1C)N1CCN(C)CC1. The highest BCUT2D eigenvalue weighted by molar-refractivity contribution is 5.96. The van der Waals surface area contributed by atoms with E-state index in [9.17, 15) is 4.79 Å². The summed E-state index contributed by atoms with van der Waals surface area (Å²) >= 11 is 0. The Labute approximate surface area is 161 Å². The molecule has 0 bridgehead atoms. The second kappa shape index (κ2) is 9.06. The van der Waals surface area contributed by atoms with Crippen LogP contribution >= 0.6 is 0 Å². The van der Waals surface area contributed by atoms with Crippen molar-refractivity contribution < 1.29 is 9.53 Å². The Morgan fingerprint density at radius 3 is 2.52 bits per heavy atom. The average molecular weight is 370 g/mol. The molecule has 6 nitrogen and oxygen atoms in total. The molecular weight excluding hydrogens is 340 g/mol. The maximum Gasteiger partial charge on any atom is 0.255 e. The standard InChI is InChI=1S/C21H30N4O2/c1-4-27-20-10-6-5-8-17(20)21(26)22-16-19(18-9-7-11-24(18)3)25-14-12-23(2)13-15-25/h5-11,19H,4,12-16H2,1-3H3,(H,22,26). The minimum atomic E-state index is -0.0904. The second-order valence-corrected chi connectivity index (χ2v) is 7.04. The predicted molar refractivity (Wildman–Crippen MR) is 107 cm³/mol. The van der Waals surface area contributed by atoms with E-state index in [0.29, 0.717) is 24.5 Å². The van der Waals surface area contributed by atoms with E-state index in [-0.39, 0.29) is 11.9 Å². The molecule has 0 saturated carbocycles. The van der Waals surface area contributed by atoms with Gasteiger partial charge in [-0.3, -0.25) is 9.69 Å². The smallest absolute Gasteiger partial charge is 0.255 e. The Morgan fingerprint density at radius 2 is 1.85 bits per heavy atom. The fourth-order valence-electron chi connectivity index (χ4n) is 3.60. The molecule has 1 saturated heterocycles. The molecule has 146 valence electrons. The summed E-state index contributed by atoms with van der Waals surface area (Å²) < 4.78 is 7.75. The van der Waals surface area contributed by atoms with Crippen LogP contribution in [-0.4, -0.2) is 66.7 Å². The van der Waals surface area contributed by atoms with E-state index in [1.165, 1.54) is 5.69 Å². The van der Waals surface area contributed by atoms with Crippen LogP contribution in [0.15, 0.2) is 42.6 Å². The molecule has 0 spiro atoms. The van der Waals surface area contributed by atoms with Crippen LogP contribution in [0.3, 0.4) is 0 Å². The maximum absolute atomic E-state index is 12.8. The van der Waals surface area contributed by atoms with Gasteiger partial charge in [-0.05, 0) is 38.2 Å². The molecule has 2 heterocycles. The van der Waals surface area contributed by atoms with Crippen LogP contribution in [0.4, 0.5) is 0 Å². The summed E-state index contributed by atoms with van der Waals surface area (Å²) in [5.41, 5.74) is 1.81. The van der Waals surface area contributed by atoms with Gasteiger partial charge in [-0.15, -0.1) is 0 Å². The quantitative estimate of drug-likeness (QED) is 0.811. The maximum atomic E-state index is 12.8. The number of para-hydroxylation sites is 1. The third-order valence-electron chi connectivity index (χ3n) is 5.19. The molecule has 1 aromatic carbocycles. The van der Waals surface area contributed by atoms with Crippen molar-refractivity contribution in [2.45, 2.75) is 13.0 Å². The van der Waals surface area contributed by atoms with Crippen LogP contribution in [0, 0.1) is 0 Å². The summed E-state index contributed by atoms with van der Waals surface area (Å²) in [6, 6.07) is 11.8. The van der Waals surface area contributed by atoms with Crippen molar-refractivity contribution in [1.29, 1.82) is 0 Å². The number of nitrogens with one attached hydrogen (secondary N) is 1. The summed E-state index contributed by atoms with van der Waals surface area (Å²) in [6.07, 6.45) is 2.06. The Morgan fingerprint density at radius 1 is 1.11 bits per heavy atom. The molecule has 1 atom stereocenters. The summed E-state index contributed by atoms with van der Waals surface area (Å²) in [5.74, 6) is 0.542. The number of nitrogens with zero attached hydrogens (tertiary/aromatic N) is 3. The Kier molecular flexibility index (Phi) is 6.53. The minimum absolute atomic E-state index is 0.0904. The third-order valence-corrected chi connectivity index (χ3v) is 5.19. The van der Waals surface area contributed by atoms with Crippen LogP contribution in [0.1, 0.15) is 29.0 Å². The largest absolute Gasteiger partial charge is 0.493 e. The normalized spacial score (nSPS) is 16.9. The molecule has 1 unspecified atom stereocenters. The topological polar surface area (TPSA) is 49.7 Å². The van der Waals surface area contributed by atoms with Crippen molar-refractivity contribution in [2.24, 2.45) is 7.05 Å². The van der Waals surface area contributed by atoms with E-state index >= 15 is 0 Å². The van der Waals surface area contributed by atoms with Crippen LogP contribution in [0.2, 0.25) is 0 Å². The molecule has 2 aromatic rings. The van der Waals surface area contributed by atoms with E-state index in [1.807, 2.05) is 31.2 Å². The van der Waals surface area contributed by atoms with E-state index < -0.39 is 0 Å². The van der Waals surface area contributed by atoms with Crippen molar-refractivity contribution in [3.05, 3.63) is 53.9 Å². The van der Waals surface area contributed by atoms with Gasteiger partial charge in [0, 0.05) is 51.7 Å². The zero-order valence-corrected chi connectivity index (χ0v) is 16.5. The van der Waals surface area contributed by atoms with E-state index in [0.717, 1.165) is 26.2 Å². The van der Waals surface area contributed by atoms with Gasteiger partial charge in [-0.25, -0.2) is 0 Å². The minimum Gasteiger partial charge on any atom is -0.493 e. The fraction of sp³-hybridized carbons (Fsp3) is 0.476. The zero-order chi connectivity index (χ0) is 19.2. The first-order chi connectivity index (χ1) is 13.1. The van der Waals surface area contributed by atoms with Crippen LogP contribution in [0.5, 0.6) is 5.75 Å². The Hall–Kier alpha value is -2.31. The van der Waals surface area contributed by atoms with Crippen LogP contribution in [0.25, 0.3) is 0 Å². The first-order valence-electron chi connectivity index (χ1n) is 9.64. The molecule has 6 heteroatoms. The highest BCUT2D eigenvalue weighted by Gasteiger charge is 2.26. The number of carbonyl (C=O) groups excluding carboxylic acids is 1. The lowest BCUT2D eigenvalue weighted by Gasteiger charge is -2.38. The second-order valence-electron chi connectivity index (χ2n) is 7.04. The van der Waals surface area contributed by atoms with Crippen molar-refractivity contribution in [3.8, 4) is 5.75 Å². The lowest BCUT2D eigenvalue weighted by atomic mass is 10.1. The monoisotopic (exact) mass is 370 g/mol. The number of ether oxygens (including phenoxy) is 1. The first kappa shape index (κ1) is 19.5. The Bertz CT molecular complexity index is 750. The number of amides is 1. The van der Waals surface area contributed by atoms with Crippen molar-refractivity contribution in [1.82, 2.24) is 19.7 Å². The first-order valence-corrected chi connectivity index (χ1v) is 9.64. The van der Waals surface area contributed by atoms with Crippen molar-refractivity contribution in [2.75, 3.05) is 46.4 Å². The van der Waals surface area contributed by atoms with Gasteiger partial charge in [0.25, 0.3) is 5.91 Å². The van der Waals surface area contributed by atoms with Gasteiger partial charge in [0.15, 0.2) is 0 Å². The summed E-state index contributed by atoms with van der Waals surface area (Å²) in [4.78, 5) is 17.6. The number of benzene rings is 1. The molecule has 1 amide bonds. The van der Waals surface area contributed by atoms with Crippen molar-refractivity contribution in [3.63, 3.8) is 0 Å². The Balaban J connectivity index is 1.73. The molecule has 1 N–H and O–H groups in total. The molecule has 3 rings (SSSR count). The fourth-order valence-corrected chi connectivity index (χ4v) is 3.60. The summed E-state index contributed by atoms with van der Waals surface area (Å²) in [6.45, 7) is 7.12. The number of hydrogen-bond donors (Lipinski definition) is 1. The van der Waals surface area contributed by atoms with E-state index in [2.05, 4.69) is 52.1 Å². The predicted octanol–water partition coefficient (Wildman–Crippen LogP) is 2.14. The number of hydrogen-bond acceptors (Lipinski definition) is 4. The molecular formula is C21H30N4O2. The molecule has 27 heavy (non-hydrogen) atoms. The lowest BCUT2D eigenvalue weighted by molar-refractivity contribution is 0.0874. The van der Waals surface area contributed by atoms with E-state index in [1.54, 1.807) is 0 Å². The number of piperazine rings is 1. The average Bonchev–Trinajstić information content (AvgIpc) is 3.10. The molecule has 1 fully saturated rings. The van der Waals surface area contributed by atoms with Gasteiger partial charge in [-0.2, -0.15) is 0 Å². The molecule has 1 aromatic heterocycles. The van der Waals surface area contributed by atoms with Crippen LogP contribution in [-0.2, 0) is 7.05 Å². The van der Waals surface area contributed by atoms with E-state index in [4.69, 9.17) is 4.74 Å². The number of likely N-dealkylation sites (N-methyl/N-ethyl adjacent to an activating group) is 1. The van der Waals surface area contributed by atoms with Gasteiger partial charge in [0.05, 0.1) is 18.2 Å². The van der Waals surface area contributed by atoms with Gasteiger partial charge >= 0.3 is 0 Å². The van der Waals surface area contributed by atoms with Crippen molar-refractivity contribution >= 4 is 5.91 Å². The summed E-state index contributed by atoms with van der Waals surface area (Å²) in [5, 5.41) is 3.13.